The summed E-state index contributed by atoms with van der Waals surface area (Å²) >= 11 is 5.11. The van der Waals surface area contributed by atoms with Crippen molar-refractivity contribution >= 4 is 33.9 Å². The first-order valence-electron chi connectivity index (χ1n) is 6.73. The number of fused-ring (bicyclic) bond motifs is 1. The zero-order valence-corrected chi connectivity index (χ0v) is 12.0. The number of rotatable bonds is 3. The Morgan fingerprint density at radius 1 is 1.45 bits per heavy atom. The Balaban J connectivity index is 1.95. The summed E-state index contributed by atoms with van der Waals surface area (Å²) in [4.78, 5) is 0. The predicted octanol–water partition coefficient (Wildman–Crippen LogP) is 3.49. The van der Waals surface area contributed by atoms with Gasteiger partial charge in [0.05, 0.1) is 5.52 Å². The number of nitrogens with zero attached hydrogens (tertiary/aromatic N) is 3. The van der Waals surface area contributed by atoms with E-state index in [9.17, 15) is 5.11 Å². The van der Waals surface area contributed by atoms with E-state index in [2.05, 4.69) is 15.5 Å². The van der Waals surface area contributed by atoms with Gasteiger partial charge in [-0.1, -0.05) is 18.2 Å². The highest BCUT2D eigenvalue weighted by atomic mass is 32.1. The van der Waals surface area contributed by atoms with Crippen LogP contribution in [0.15, 0.2) is 34.5 Å². The predicted molar refractivity (Wildman–Crippen MR) is 82.5 cm³/mol. The topological polar surface area (TPSA) is 61.9 Å². The summed E-state index contributed by atoms with van der Waals surface area (Å²) in [5, 5.41) is 22.8. The molecule has 0 spiro atoms. The molecule has 1 aliphatic rings. The Kier molecular flexibility index (Phi) is 3.40. The van der Waals surface area contributed by atoms with E-state index in [1.54, 1.807) is 4.57 Å². The molecule has 1 aliphatic carbocycles. The molecule has 1 aromatic carbocycles. The van der Waals surface area contributed by atoms with E-state index in [4.69, 9.17) is 12.2 Å². The van der Waals surface area contributed by atoms with Crippen molar-refractivity contribution in [3.8, 4) is 5.88 Å². The van der Waals surface area contributed by atoms with Crippen molar-refractivity contribution < 1.29 is 5.11 Å². The molecule has 0 unspecified atom stereocenters. The van der Waals surface area contributed by atoms with E-state index < -0.39 is 0 Å². The largest absolute Gasteiger partial charge is 0.493 e. The fraction of sp³-hybridized carbons (Fsp3) is 0.357. The van der Waals surface area contributed by atoms with E-state index in [0.717, 1.165) is 23.7 Å². The summed E-state index contributed by atoms with van der Waals surface area (Å²) in [6.07, 6.45) is 2.27. The first kappa shape index (κ1) is 13.1. The Bertz CT molecular complexity index is 688. The van der Waals surface area contributed by atoms with Crippen molar-refractivity contribution in [1.29, 1.82) is 0 Å². The molecule has 1 heterocycles. The molecule has 0 radical (unpaired) electrons. The highest BCUT2D eigenvalue weighted by Crippen LogP contribution is 2.38. The van der Waals surface area contributed by atoms with Gasteiger partial charge in [-0.15, -0.1) is 10.2 Å². The van der Waals surface area contributed by atoms with E-state index in [0.29, 0.717) is 23.4 Å². The minimum absolute atomic E-state index is 0.131. The lowest BCUT2D eigenvalue weighted by molar-refractivity contribution is 0.427. The van der Waals surface area contributed by atoms with Gasteiger partial charge in [-0.2, -0.15) is 0 Å². The van der Waals surface area contributed by atoms with Gasteiger partial charge in [-0.3, -0.25) is 0 Å². The van der Waals surface area contributed by atoms with Gasteiger partial charge in [-0.05, 0) is 38.0 Å². The second-order valence-electron chi connectivity index (χ2n) is 4.86. The summed E-state index contributed by atoms with van der Waals surface area (Å²) in [6.45, 7) is 2.65. The van der Waals surface area contributed by atoms with Gasteiger partial charge in [0.15, 0.2) is 5.69 Å². The van der Waals surface area contributed by atoms with Crippen LogP contribution in [0.25, 0.3) is 10.9 Å². The number of thiocarbonyl (C=S) groups is 1. The molecule has 3 rings (SSSR count). The standard InChI is InChI=1S/C14H16N4OS/c1-2-18-11-6-4-3-5-10(11)12(13(18)19)16-17-14(20)15-9-7-8-9/h3-6,9,19H,2,7-8H2,1H3,(H,15,20). The number of azo groups is 1. The number of para-hydroxylation sites is 1. The highest BCUT2D eigenvalue weighted by Gasteiger charge is 2.22. The van der Waals surface area contributed by atoms with Crippen molar-refractivity contribution in [1.82, 2.24) is 9.88 Å². The van der Waals surface area contributed by atoms with Gasteiger partial charge in [0.1, 0.15) is 0 Å². The van der Waals surface area contributed by atoms with E-state index in [-0.39, 0.29) is 5.88 Å². The van der Waals surface area contributed by atoms with Crippen LogP contribution in [0.5, 0.6) is 5.88 Å². The lowest BCUT2D eigenvalue weighted by Crippen LogP contribution is -2.20. The van der Waals surface area contributed by atoms with Gasteiger partial charge in [0.2, 0.25) is 11.0 Å². The number of hydrogen-bond donors (Lipinski definition) is 2. The molecule has 0 atom stereocenters. The van der Waals surface area contributed by atoms with Crippen molar-refractivity contribution in [2.45, 2.75) is 32.4 Å². The molecule has 2 aromatic rings. The minimum atomic E-state index is 0.131. The Morgan fingerprint density at radius 3 is 2.90 bits per heavy atom. The van der Waals surface area contributed by atoms with Gasteiger partial charge in [0, 0.05) is 18.0 Å². The maximum absolute atomic E-state index is 10.3. The molecule has 1 aromatic heterocycles. The van der Waals surface area contributed by atoms with Crippen LogP contribution >= 0.6 is 12.2 Å². The summed E-state index contributed by atoms with van der Waals surface area (Å²) in [7, 11) is 0. The molecule has 0 amide bonds. The van der Waals surface area contributed by atoms with Crippen molar-refractivity contribution in [3.05, 3.63) is 24.3 Å². The van der Waals surface area contributed by atoms with Crippen LogP contribution in [-0.4, -0.2) is 20.8 Å². The maximum atomic E-state index is 10.3. The van der Waals surface area contributed by atoms with Crippen LogP contribution in [0.4, 0.5) is 5.69 Å². The number of aromatic nitrogens is 1. The molecule has 20 heavy (non-hydrogen) atoms. The first-order valence-corrected chi connectivity index (χ1v) is 7.14. The van der Waals surface area contributed by atoms with Crippen molar-refractivity contribution in [3.63, 3.8) is 0 Å². The van der Waals surface area contributed by atoms with E-state index in [1.165, 1.54) is 0 Å². The first-order chi connectivity index (χ1) is 9.70. The molecule has 104 valence electrons. The Morgan fingerprint density at radius 2 is 2.20 bits per heavy atom. The summed E-state index contributed by atoms with van der Waals surface area (Å²) in [5.74, 6) is 0.131. The van der Waals surface area contributed by atoms with Crippen LogP contribution in [0.1, 0.15) is 19.8 Å². The highest BCUT2D eigenvalue weighted by molar-refractivity contribution is 7.80. The van der Waals surface area contributed by atoms with Gasteiger partial charge < -0.3 is 15.0 Å². The third kappa shape index (κ3) is 2.38. The SMILES string of the molecule is CCn1c(O)c(N=NC(=S)NC2CC2)c2ccccc21. The number of benzene rings is 1. The van der Waals surface area contributed by atoms with Crippen LogP contribution < -0.4 is 5.32 Å². The fourth-order valence-electron chi connectivity index (χ4n) is 2.22. The Hall–Kier alpha value is -1.95. The third-order valence-electron chi connectivity index (χ3n) is 3.38. The van der Waals surface area contributed by atoms with E-state index in [1.807, 2.05) is 31.2 Å². The summed E-state index contributed by atoms with van der Waals surface area (Å²) < 4.78 is 1.81. The Labute approximate surface area is 122 Å². The normalized spacial score (nSPS) is 15.1. The molecule has 1 saturated carbocycles. The van der Waals surface area contributed by atoms with Crippen LogP contribution in [-0.2, 0) is 6.54 Å². The zero-order valence-electron chi connectivity index (χ0n) is 11.2. The quantitative estimate of drug-likeness (QED) is 0.671. The monoisotopic (exact) mass is 288 g/mol. The van der Waals surface area contributed by atoms with Crippen LogP contribution in [0.2, 0.25) is 0 Å². The number of aromatic hydroxyl groups is 1. The molecule has 0 aliphatic heterocycles. The summed E-state index contributed by atoms with van der Waals surface area (Å²) in [5.41, 5.74) is 1.42. The van der Waals surface area contributed by atoms with Crippen LogP contribution in [0, 0.1) is 0 Å². The number of nitrogens with one attached hydrogen (secondary N) is 1. The van der Waals surface area contributed by atoms with Gasteiger partial charge in [0.25, 0.3) is 0 Å². The van der Waals surface area contributed by atoms with Crippen molar-refractivity contribution in [2.75, 3.05) is 0 Å². The van der Waals surface area contributed by atoms with Gasteiger partial charge in [-0.25, -0.2) is 0 Å². The molecule has 0 bridgehead atoms. The fourth-order valence-corrected chi connectivity index (χ4v) is 2.42. The zero-order chi connectivity index (χ0) is 14.1. The molecule has 6 heteroatoms. The number of hydrogen-bond acceptors (Lipinski definition) is 3. The molecule has 5 nitrogen and oxygen atoms in total. The number of aryl methyl sites for hydroxylation is 1. The molecule has 0 saturated heterocycles. The second kappa shape index (κ2) is 5.20. The van der Waals surface area contributed by atoms with Crippen LogP contribution in [0.3, 0.4) is 0 Å². The molecule has 2 N–H and O–H groups in total. The molecule has 1 fully saturated rings. The average Bonchev–Trinajstić information content (AvgIpc) is 3.20. The minimum Gasteiger partial charge on any atom is -0.493 e. The smallest absolute Gasteiger partial charge is 0.220 e. The lowest BCUT2D eigenvalue weighted by atomic mass is 10.2. The molecular weight excluding hydrogens is 272 g/mol. The van der Waals surface area contributed by atoms with Gasteiger partial charge >= 0.3 is 0 Å². The summed E-state index contributed by atoms with van der Waals surface area (Å²) in [6, 6.07) is 8.19. The maximum Gasteiger partial charge on any atom is 0.220 e. The average molecular weight is 288 g/mol. The van der Waals surface area contributed by atoms with Crippen molar-refractivity contribution in [2.24, 2.45) is 10.2 Å². The lowest BCUT2D eigenvalue weighted by Gasteiger charge is -2.01. The second-order valence-corrected chi connectivity index (χ2v) is 5.24. The molecular formula is C14H16N4OS. The third-order valence-corrected chi connectivity index (χ3v) is 3.58. The van der Waals surface area contributed by atoms with E-state index >= 15 is 0 Å².